The van der Waals surface area contributed by atoms with Crippen LogP contribution in [0.2, 0.25) is 0 Å². The second-order valence-electron chi connectivity index (χ2n) is 7.83. The largest absolute Gasteiger partial charge is 0.496 e. The maximum absolute atomic E-state index is 13.6. The molecule has 0 radical (unpaired) electrons. The minimum absolute atomic E-state index is 0.157. The summed E-state index contributed by atoms with van der Waals surface area (Å²) < 4.78 is 26.1. The fourth-order valence-electron chi connectivity index (χ4n) is 4.17. The monoisotopic (exact) mass is 440 g/mol. The Kier molecular flexibility index (Phi) is 7.41. The van der Waals surface area contributed by atoms with Crippen molar-refractivity contribution in [1.82, 2.24) is 30.0 Å². The number of para-hydroxylation sites is 1. The van der Waals surface area contributed by atoms with Crippen LogP contribution in [-0.2, 0) is 17.8 Å². The van der Waals surface area contributed by atoms with Gasteiger partial charge in [-0.3, -0.25) is 9.80 Å². The molecule has 1 aliphatic rings. The zero-order valence-electron chi connectivity index (χ0n) is 18.5. The van der Waals surface area contributed by atoms with Crippen molar-refractivity contribution in [3.8, 4) is 5.75 Å². The first-order chi connectivity index (χ1) is 15.7. The van der Waals surface area contributed by atoms with Gasteiger partial charge in [0.15, 0.2) is 5.82 Å². The molecular weight excluding hydrogens is 411 g/mol. The van der Waals surface area contributed by atoms with Gasteiger partial charge in [0.1, 0.15) is 11.6 Å². The third-order valence-electron chi connectivity index (χ3n) is 5.86. The van der Waals surface area contributed by atoms with E-state index in [1.165, 1.54) is 17.7 Å². The van der Waals surface area contributed by atoms with Gasteiger partial charge in [-0.15, -0.1) is 5.10 Å². The van der Waals surface area contributed by atoms with Gasteiger partial charge in [0.2, 0.25) is 0 Å². The zero-order chi connectivity index (χ0) is 22.3. The van der Waals surface area contributed by atoms with Crippen LogP contribution in [0.5, 0.6) is 5.75 Å². The molecule has 0 unspecified atom stereocenters. The van der Waals surface area contributed by atoms with E-state index in [0.29, 0.717) is 13.2 Å². The van der Waals surface area contributed by atoms with Crippen LogP contribution in [0.4, 0.5) is 4.39 Å². The van der Waals surface area contributed by atoms with E-state index in [2.05, 4.69) is 31.4 Å². The molecule has 2 aromatic carbocycles. The normalized spacial score (nSPS) is 16.2. The number of aromatic nitrogens is 4. The lowest BCUT2D eigenvalue weighted by atomic mass is 10.0. The lowest BCUT2D eigenvalue weighted by Crippen LogP contribution is -2.48. The van der Waals surface area contributed by atoms with E-state index in [1.54, 1.807) is 18.9 Å². The molecule has 1 atom stereocenters. The standard InChI is InChI=1S/C23H29FN6O2/c1-31-16-15-30-23(25-26-27-30)22(18-7-9-20(24)10-8-18)29-13-11-28(12-14-29)17-19-5-3-4-6-21(19)32-2/h3-10,22H,11-17H2,1-2H3/t22-/m1/s1. The molecule has 2 heterocycles. The number of rotatable bonds is 9. The molecule has 0 N–H and O–H groups in total. The Hall–Kier alpha value is -2.88. The molecule has 8 nitrogen and oxygen atoms in total. The van der Waals surface area contributed by atoms with Gasteiger partial charge in [-0.2, -0.15) is 0 Å². The van der Waals surface area contributed by atoms with Crippen molar-refractivity contribution in [3.05, 3.63) is 71.3 Å². The molecule has 170 valence electrons. The first-order valence-electron chi connectivity index (χ1n) is 10.8. The Morgan fingerprint density at radius 3 is 2.47 bits per heavy atom. The highest BCUT2D eigenvalue weighted by molar-refractivity contribution is 5.33. The number of tetrazole rings is 1. The summed E-state index contributed by atoms with van der Waals surface area (Å²) in [4.78, 5) is 4.78. The molecule has 1 saturated heterocycles. The molecule has 3 aromatic rings. The van der Waals surface area contributed by atoms with E-state index in [0.717, 1.165) is 49.9 Å². The van der Waals surface area contributed by atoms with E-state index < -0.39 is 0 Å². The number of piperazine rings is 1. The van der Waals surface area contributed by atoms with Crippen LogP contribution in [0, 0.1) is 5.82 Å². The van der Waals surface area contributed by atoms with Crippen molar-refractivity contribution in [1.29, 1.82) is 0 Å². The van der Waals surface area contributed by atoms with Crippen LogP contribution in [0.1, 0.15) is 23.0 Å². The van der Waals surface area contributed by atoms with Crippen LogP contribution >= 0.6 is 0 Å². The fourth-order valence-corrected chi connectivity index (χ4v) is 4.17. The van der Waals surface area contributed by atoms with E-state index in [4.69, 9.17) is 9.47 Å². The van der Waals surface area contributed by atoms with Crippen LogP contribution in [0.3, 0.4) is 0 Å². The smallest absolute Gasteiger partial charge is 0.173 e. The maximum atomic E-state index is 13.6. The first kappa shape index (κ1) is 22.3. The van der Waals surface area contributed by atoms with E-state index >= 15 is 0 Å². The maximum Gasteiger partial charge on any atom is 0.173 e. The molecule has 0 saturated carbocycles. The minimum Gasteiger partial charge on any atom is -0.496 e. The molecule has 1 aliphatic heterocycles. The zero-order valence-corrected chi connectivity index (χ0v) is 18.5. The molecular formula is C23H29FN6O2. The Morgan fingerprint density at radius 1 is 1.00 bits per heavy atom. The van der Waals surface area contributed by atoms with Gasteiger partial charge in [0.05, 0.1) is 26.3 Å². The van der Waals surface area contributed by atoms with Crippen LogP contribution < -0.4 is 4.74 Å². The number of halogens is 1. The van der Waals surface area contributed by atoms with E-state index in [1.807, 2.05) is 30.3 Å². The molecule has 0 spiro atoms. The second-order valence-corrected chi connectivity index (χ2v) is 7.83. The summed E-state index contributed by atoms with van der Waals surface area (Å²) in [6.45, 7) is 5.39. The summed E-state index contributed by atoms with van der Waals surface area (Å²) >= 11 is 0. The van der Waals surface area contributed by atoms with Crippen molar-refractivity contribution in [3.63, 3.8) is 0 Å². The van der Waals surface area contributed by atoms with Gasteiger partial charge in [-0.05, 0) is 34.2 Å². The summed E-state index contributed by atoms with van der Waals surface area (Å²) in [7, 11) is 3.36. The Morgan fingerprint density at radius 2 is 1.75 bits per heavy atom. The van der Waals surface area contributed by atoms with Crippen LogP contribution in [0.15, 0.2) is 48.5 Å². The number of hydrogen-bond acceptors (Lipinski definition) is 7. The van der Waals surface area contributed by atoms with Gasteiger partial charge >= 0.3 is 0 Å². The van der Waals surface area contributed by atoms with Crippen LogP contribution in [-0.4, -0.2) is 77.0 Å². The second kappa shape index (κ2) is 10.6. The van der Waals surface area contributed by atoms with Gasteiger partial charge < -0.3 is 9.47 Å². The third kappa shape index (κ3) is 5.12. The molecule has 0 amide bonds. The summed E-state index contributed by atoms with van der Waals surface area (Å²) in [6, 6.07) is 14.6. The van der Waals surface area contributed by atoms with Crippen LogP contribution in [0.25, 0.3) is 0 Å². The number of nitrogens with zero attached hydrogens (tertiary/aromatic N) is 6. The molecule has 32 heavy (non-hydrogen) atoms. The minimum atomic E-state index is -0.256. The van der Waals surface area contributed by atoms with Crippen molar-refractivity contribution in [2.45, 2.75) is 19.1 Å². The first-order valence-corrected chi connectivity index (χ1v) is 10.8. The van der Waals surface area contributed by atoms with Crippen molar-refractivity contribution >= 4 is 0 Å². The molecule has 4 rings (SSSR count). The predicted molar refractivity (Wildman–Crippen MR) is 118 cm³/mol. The number of hydrogen-bond donors (Lipinski definition) is 0. The van der Waals surface area contributed by atoms with Crippen molar-refractivity contribution in [2.24, 2.45) is 0 Å². The highest BCUT2D eigenvalue weighted by atomic mass is 19.1. The lowest BCUT2D eigenvalue weighted by Gasteiger charge is -2.39. The lowest BCUT2D eigenvalue weighted by molar-refractivity contribution is 0.0983. The highest BCUT2D eigenvalue weighted by Gasteiger charge is 2.30. The molecule has 1 fully saturated rings. The predicted octanol–water partition coefficient (Wildman–Crippen LogP) is 2.37. The summed E-state index contributed by atoms with van der Waals surface area (Å²) in [6.07, 6.45) is 0. The average molecular weight is 441 g/mol. The molecule has 1 aromatic heterocycles. The number of methoxy groups -OCH3 is 2. The summed E-state index contributed by atoms with van der Waals surface area (Å²) in [5.74, 6) is 1.40. The van der Waals surface area contributed by atoms with Crippen molar-refractivity contribution in [2.75, 3.05) is 47.0 Å². The third-order valence-corrected chi connectivity index (χ3v) is 5.86. The summed E-state index contributed by atoms with van der Waals surface area (Å²) in [5, 5.41) is 12.4. The summed E-state index contributed by atoms with van der Waals surface area (Å²) in [5.41, 5.74) is 2.15. The van der Waals surface area contributed by atoms with Gasteiger partial charge in [0.25, 0.3) is 0 Å². The molecule has 0 aliphatic carbocycles. The Balaban J connectivity index is 1.52. The molecule has 9 heteroatoms. The fraction of sp³-hybridized carbons (Fsp3) is 0.435. The van der Waals surface area contributed by atoms with Gasteiger partial charge in [-0.1, -0.05) is 30.3 Å². The van der Waals surface area contributed by atoms with Gasteiger partial charge in [0, 0.05) is 45.4 Å². The number of ether oxygens (including phenoxy) is 2. The average Bonchev–Trinajstić information content (AvgIpc) is 3.28. The number of benzene rings is 2. The van der Waals surface area contributed by atoms with Crippen molar-refractivity contribution < 1.29 is 13.9 Å². The Bertz CT molecular complexity index is 988. The van der Waals surface area contributed by atoms with Gasteiger partial charge in [-0.25, -0.2) is 9.07 Å². The SMILES string of the molecule is COCCn1nnnc1[C@@H](c1ccc(F)cc1)N1CCN(Cc2ccccc2OC)CC1. The highest BCUT2D eigenvalue weighted by Crippen LogP contribution is 2.29. The molecule has 0 bridgehead atoms. The Labute approximate surface area is 187 Å². The van der Waals surface area contributed by atoms with E-state index in [9.17, 15) is 4.39 Å². The topological polar surface area (TPSA) is 68.5 Å². The quantitative estimate of drug-likeness (QED) is 0.506. The van der Waals surface area contributed by atoms with E-state index in [-0.39, 0.29) is 11.9 Å².